The van der Waals surface area contributed by atoms with Gasteiger partial charge in [0.25, 0.3) is 5.56 Å². The summed E-state index contributed by atoms with van der Waals surface area (Å²) in [4.78, 5) is 30.2. The van der Waals surface area contributed by atoms with Crippen LogP contribution in [0.1, 0.15) is 10.4 Å². The van der Waals surface area contributed by atoms with Crippen molar-refractivity contribution in [1.29, 1.82) is 0 Å². The predicted molar refractivity (Wildman–Crippen MR) is 91.1 cm³/mol. The van der Waals surface area contributed by atoms with E-state index in [0.29, 0.717) is 20.3 Å². The number of benzene rings is 1. The molecule has 22 heavy (non-hydrogen) atoms. The molecule has 2 N–H and O–H groups in total. The summed E-state index contributed by atoms with van der Waals surface area (Å²) in [6.45, 7) is 0. The topological polar surface area (TPSA) is 83.0 Å². The third-order valence-corrected chi connectivity index (χ3v) is 5.59. The van der Waals surface area contributed by atoms with Gasteiger partial charge in [0, 0.05) is 16.1 Å². The first-order valence-electron chi connectivity index (χ1n) is 6.17. The third kappa shape index (κ3) is 3.23. The van der Waals surface area contributed by atoms with Crippen LogP contribution < -0.4 is 5.56 Å². The van der Waals surface area contributed by atoms with E-state index in [4.69, 9.17) is 0 Å². The van der Waals surface area contributed by atoms with Crippen LogP contribution in [0, 0.1) is 0 Å². The van der Waals surface area contributed by atoms with Crippen molar-refractivity contribution in [2.75, 3.05) is 5.75 Å². The summed E-state index contributed by atoms with van der Waals surface area (Å²) in [7, 11) is 0. The second-order valence-corrected chi connectivity index (χ2v) is 7.53. The van der Waals surface area contributed by atoms with E-state index in [2.05, 4.69) is 25.9 Å². The summed E-state index contributed by atoms with van der Waals surface area (Å²) >= 11 is 5.85. The van der Waals surface area contributed by atoms with Gasteiger partial charge in [-0.05, 0) is 12.1 Å². The number of H-pyrrole nitrogens is 1. The largest absolute Gasteiger partial charge is 0.506 e. The molecule has 0 aliphatic heterocycles. The van der Waals surface area contributed by atoms with Gasteiger partial charge in [0.05, 0.1) is 5.75 Å². The Hall–Kier alpha value is -1.64. The molecule has 8 heteroatoms. The van der Waals surface area contributed by atoms with Gasteiger partial charge in [0.15, 0.2) is 15.8 Å². The standard InChI is InChI=1S/C14H9BrN2O3S2/c15-8-3-1-7(2-4-8)10(19)6-21-14-17-13-12(22-14)9(18)5-11(20)16-13/h1-5H,6H2,(H2,16,18,20). The number of aromatic amines is 1. The fourth-order valence-electron chi connectivity index (χ4n) is 1.81. The first-order valence-corrected chi connectivity index (χ1v) is 8.77. The zero-order valence-corrected chi connectivity index (χ0v) is 14.2. The van der Waals surface area contributed by atoms with Crippen molar-refractivity contribution in [3.8, 4) is 5.75 Å². The molecule has 0 atom stereocenters. The number of Topliss-reactive ketones (excluding diaryl/α,β-unsaturated/α-hetero) is 1. The highest BCUT2D eigenvalue weighted by Gasteiger charge is 2.12. The molecule has 0 aliphatic rings. The summed E-state index contributed by atoms with van der Waals surface area (Å²) in [6.07, 6.45) is 0. The van der Waals surface area contributed by atoms with Gasteiger partial charge in [-0.3, -0.25) is 9.59 Å². The first-order chi connectivity index (χ1) is 10.5. The maximum absolute atomic E-state index is 12.1. The fourth-order valence-corrected chi connectivity index (χ4v) is 3.98. The molecule has 0 aliphatic carbocycles. The molecule has 0 bridgehead atoms. The van der Waals surface area contributed by atoms with Crippen LogP contribution in [0.15, 0.2) is 43.9 Å². The Morgan fingerprint density at radius 3 is 2.82 bits per heavy atom. The van der Waals surface area contributed by atoms with Crippen molar-refractivity contribution in [3.63, 3.8) is 0 Å². The van der Waals surface area contributed by atoms with Gasteiger partial charge in [-0.1, -0.05) is 39.8 Å². The summed E-state index contributed by atoms with van der Waals surface area (Å²) < 4.78 is 2.05. The van der Waals surface area contributed by atoms with Crippen molar-refractivity contribution >= 4 is 55.2 Å². The Labute approximate surface area is 141 Å². The number of carbonyl (C=O) groups is 1. The van der Waals surface area contributed by atoms with Gasteiger partial charge in [-0.25, -0.2) is 4.98 Å². The Morgan fingerprint density at radius 1 is 1.36 bits per heavy atom. The number of nitrogens with zero attached hydrogens (tertiary/aromatic N) is 1. The lowest BCUT2D eigenvalue weighted by Crippen LogP contribution is -2.02. The van der Waals surface area contributed by atoms with E-state index in [1.54, 1.807) is 12.1 Å². The van der Waals surface area contributed by atoms with Crippen molar-refractivity contribution in [2.24, 2.45) is 0 Å². The molecule has 0 amide bonds. The van der Waals surface area contributed by atoms with Crippen molar-refractivity contribution in [1.82, 2.24) is 9.97 Å². The minimum atomic E-state index is -0.405. The first kappa shape index (κ1) is 15.3. The van der Waals surface area contributed by atoms with Gasteiger partial charge in [-0.15, -0.1) is 11.3 Å². The monoisotopic (exact) mass is 396 g/mol. The average molecular weight is 397 g/mol. The fraction of sp³-hybridized carbons (Fsp3) is 0.0714. The molecule has 2 aromatic heterocycles. The maximum Gasteiger partial charge on any atom is 0.253 e. The number of hydrogen-bond acceptors (Lipinski definition) is 6. The van der Waals surface area contributed by atoms with Gasteiger partial charge < -0.3 is 10.1 Å². The van der Waals surface area contributed by atoms with Crippen LogP contribution in [0.3, 0.4) is 0 Å². The Kier molecular flexibility index (Phi) is 4.32. The summed E-state index contributed by atoms with van der Waals surface area (Å²) in [5, 5.41) is 9.72. The molecule has 0 unspecified atom stereocenters. The molecule has 0 saturated carbocycles. The molecule has 112 valence electrons. The van der Waals surface area contributed by atoms with Crippen molar-refractivity contribution < 1.29 is 9.90 Å². The molecule has 0 saturated heterocycles. The van der Waals surface area contributed by atoms with Crippen LogP contribution in [-0.2, 0) is 0 Å². The summed E-state index contributed by atoms with van der Waals surface area (Å²) in [6, 6.07) is 8.27. The van der Waals surface area contributed by atoms with E-state index in [1.165, 1.54) is 23.1 Å². The van der Waals surface area contributed by atoms with Gasteiger partial charge in [0.1, 0.15) is 10.4 Å². The second-order valence-electron chi connectivity index (χ2n) is 4.40. The average Bonchev–Trinajstić information content (AvgIpc) is 2.89. The minimum absolute atomic E-state index is 0.00512. The Balaban J connectivity index is 1.76. The molecule has 0 radical (unpaired) electrons. The van der Waals surface area contributed by atoms with E-state index in [-0.39, 0.29) is 17.3 Å². The number of thioether (sulfide) groups is 1. The highest BCUT2D eigenvalue weighted by Crippen LogP contribution is 2.33. The molecule has 0 fully saturated rings. The molecule has 3 rings (SSSR count). The number of nitrogens with one attached hydrogen (secondary N) is 1. The van der Waals surface area contributed by atoms with Crippen LogP contribution >= 0.6 is 39.0 Å². The van der Waals surface area contributed by atoms with Crippen LogP contribution in [-0.4, -0.2) is 26.6 Å². The smallest absolute Gasteiger partial charge is 0.253 e. The van der Waals surface area contributed by atoms with Crippen molar-refractivity contribution in [3.05, 3.63) is 50.7 Å². The highest BCUT2D eigenvalue weighted by atomic mass is 79.9. The number of pyridine rings is 1. The van der Waals surface area contributed by atoms with E-state index in [0.717, 1.165) is 10.5 Å². The minimum Gasteiger partial charge on any atom is -0.506 e. The van der Waals surface area contributed by atoms with Crippen molar-refractivity contribution in [2.45, 2.75) is 4.34 Å². The number of aromatic nitrogens is 2. The van der Waals surface area contributed by atoms with E-state index in [1.807, 2.05) is 12.1 Å². The number of fused-ring (bicyclic) bond motifs is 1. The molecular formula is C14H9BrN2O3S2. The van der Waals surface area contributed by atoms with Crippen LogP contribution in [0.4, 0.5) is 0 Å². The van der Waals surface area contributed by atoms with E-state index < -0.39 is 5.56 Å². The quantitative estimate of drug-likeness (QED) is 0.521. The third-order valence-electron chi connectivity index (χ3n) is 2.84. The number of ketones is 1. The van der Waals surface area contributed by atoms with Gasteiger partial charge in [0.2, 0.25) is 0 Å². The lowest BCUT2D eigenvalue weighted by molar-refractivity contribution is 0.102. The number of rotatable bonds is 4. The molecule has 2 heterocycles. The molecule has 1 aromatic carbocycles. The second kappa shape index (κ2) is 6.23. The summed E-state index contributed by atoms with van der Waals surface area (Å²) in [5.41, 5.74) is 0.569. The Morgan fingerprint density at radius 2 is 2.09 bits per heavy atom. The zero-order chi connectivity index (χ0) is 15.7. The number of carbonyl (C=O) groups excluding carboxylic acids is 1. The summed E-state index contributed by atoms with van der Waals surface area (Å²) in [5.74, 6) is 0.142. The molecule has 0 spiro atoms. The lowest BCUT2D eigenvalue weighted by Gasteiger charge is -1.99. The molecule has 3 aromatic rings. The van der Waals surface area contributed by atoms with Gasteiger partial charge >= 0.3 is 0 Å². The zero-order valence-electron chi connectivity index (χ0n) is 11.0. The van der Waals surface area contributed by atoms with E-state index in [9.17, 15) is 14.7 Å². The SMILES string of the molecule is O=C(CSc1nc2[nH]c(=O)cc(O)c2s1)c1ccc(Br)cc1. The number of aromatic hydroxyl groups is 1. The lowest BCUT2D eigenvalue weighted by atomic mass is 10.2. The normalized spacial score (nSPS) is 11.0. The van der Waals surface area contributed by atoms with Crippen LogP contribution in [0.5, 0.6) is 5.75 Å². The molecular weight excluding hydrogens is 388 g/mol. The van der Waals surface area contributed by atoms with Crippen LogP contribution in [0.2, 0.25) is 0 Å². The number of halogens is 1. The van der Waals surface area contributed by atoms with Crippen LogP contribution in [0.25, 0.3) is 10.3 Å². The van der Waals surface area contributed by atoms with Gasteiger partial charge in [-0.2, -0.15) is 0 Å². The van der Waals surface area contributed by atoms with E-state index >= 15 is 0 Å². The maximum atomic E-state index is 12.1. The number of thiazole rings is 1. The Bertz CT molecular complexity index is 903. The highest BCUT2D eigenvalue weighted by molar-refractivity contribution is 9.10. The molecule has 5 nitrogen and oxygen atoms in total. The number of hydrogen-bond donors (Lipinski definition) is 2. The predicted octanol–water partition coefficient (Wildman–Crippen LogP) is 3.43.